The van der Waals surface area contributed by atoms with E-state index in [1.165, 1.54) is 22.8 Å². The third-order valence-corrected chi connectivity index (χ3v) is 10.1. The monoisotopic (exact) mass is 661 g/mol. The van der Waals surface area contributed by atoms with Crippen LogP contribution >= 0.6 is 0 Å². The van der Waals surface area contributed by atoms with Gasteiger partial charge < -0.3 is 29.0 Å². The van der Waals surface area contributed by atoms with Crippen molar-refractivity contribution in [1.29, 1.82) is 0 Å². The number of anilines is 1. The maximum absolute atomic E-state index is 12.3. The van der Waals surface area contributed by atoms with E-state index in [2.05, 4.69) is 66.1 Å². The van der Waals surface area contributed by atoms with Crippen LogP contribution in [0.1, 0.15) is 45.5 Å². The largest absolute Gasteiger partial charge is 0.493 e. The van der Waals surface area contributed by atoms with E-state index >= 15 is 0 Å². The number of hydrogen-bond donors (Lipinski definition) is 1. The molecule has 4 aromatic rings. The summed E-state index contributed by atoms with van der Waals surface area (Å²) in [6.07, 6.45) is 4.45. The quantitative estimate of drug-likeness (QED) is 0.224. The third kappa shape index (κ3) is 6.20. The van der Waals surface area contributed by atoms with Gasteiger partial charge in [0.2, 0.25) is 11.7 Å². The molecule has 0 spiro atoms. The molecule has 9 nitrogen and oxygen atoms in total. The molecule has 4 aromatic carbocycles. The van der Waals surface area contributed by atoms with Crippen molar-refractivity contribution in [3.05, 3.63) is 107 Å². The minimum atomic E-state index is -0.296. The fourth-order valence-corrected chi connectivity index (χ4v) is 7.41. The summed E-state index contributed by atoms with van der Waals surface area (Å²) in [6.45, 7) is 5.41. The molecule has 254 valence electrons. The van der Waals surface area contributed by atoms with Crippen LogP contribution in [0, 0.1) is 0 Å². The Balaban J connectivity index is 1.44. The van der Waals surface area contributed by atoms with Gasteiger partial charge in [-0.1, -0.05) is 24.8 Å². The van der Waals surface area contributed by atoms with Gasteiger partial charge in [-0.05, 0) is 116 Å². The Morgan fingerprint density at radius 2 is 1.47 bits per heavy atom. The molecule has 49 heavy (non-hydrogen) atoms. The number of amides is 1. The molecule has 4 aliphatic heterocycles. The van der Waals surface area contributed by atoms with Gasteiger partial charge in [-0.2, -0.15) is 0 Å². The summed E-state index contributed by atoms with van der Waals surface area (Å²) in [4.78, 5) is 17.1. The highest BCUT2D eigenvalue weighted by molar-refractivity contribution is 6.00. The van der Waals surface area contributed by atoms with E-state index in [4.69, 9.17) is 23.7 Å². The summed E-state index contributed by atoms with van der Waals surface area (Å²) >= 11 is 0. The van der Waals surface area contributed by atoms with Crippen LogP contribution in [-0.4, -0.2) is 64.2 Å². The van der Waals surface area contributed by atoms with Gasteiger partial charge in [0.15, 0.2) is 28.7 Å². The number of carbonyl (C=O) groups is 1. The highest BCUT2D eigenvalue weighted by atomic mass is 16.5. The van der Waals surface area contributed by atoms with E-state index in [0.717, 1.165) is 49.0 Å². The van der Waals surface area contributed by atoms with Crippen molar-refractivity contribution in [1.82, 2.24) is 9.80 Å². The molecular weight excluding hydrogens is 618 g/mol. The predicted molar refractivity (Wildman–Crippen MR) is 190 cm³/mol. The lowest BCUT2D eigenvalue weighted by molar-refractivity contribution is -0.111. The van der Waals surface area contributed by atoms with Gasteiger partial charge in [0.05, 0.1) is 27.0 Å². The molecular formula is C40H43N3O6. The van der Waals surface area contributed by atoms with Crippen molar-refractivity contribution >= 4 is 11.6 Å². The molecule has 0 unspecified atom stereocenters. The number of rotatable bonds is 5. The van der Waals surface area contributed by atoms with E-state index in [1.807, 2.05) is 30.3 Å². The highest BCUT2D eigenvalue weighted by Crippen LogP contribution is 2.51. The van der Waals surface area contributed by atoms with Crippen LogP contribution in [0.2, 0.25) is 0 Å². The standard InChI is InChI=1S/C40H43N3O6/c1-7-37(44)41-30-13-10-25-19-31-29-23-35(34(45-4)21-26(29)14-16-42(31)2)49-40-38-27(22-36(46-5)39(40)47-6)15-17-43(3)32(38)18-24-8-11-28(12-9-24)48-33(30)20-25/h7-13,20-23,31-32H,1,14-19H2,2-6H3,(H,41,44)/t31-,32+/m1/s1. The molecule has 4 heterocycles. The van der Waals surface area contributed by atoms with Gasteiger partial charge >= 0.3 is 0 Å². The molecule has 1 N–H and O–H groups in total. The molecule has 4 aliphatic rings. The smallest absolute Gasteiger partial charge is 0.247 e. The summed E-state index contributed by atoms with van der Waals surface area (Å²) in [5, 5.41) is 2.91. The minimum absolute atomic E-state index is 0.00381. The average molecular weight is 662 g/mol. The van der Waals surface area contributed by atoms with E-state index in [0.29, 0.717) is 52.4 Å². The summed E-state index contributed by atoms with van der Waals surface area (Å²) < 4.78 is 31.4. The van der Waals surface area contributed by atoms with Crippen molar-refractivity contribution in [3.63, 3.8) is 0 Å². The topological polar surface area (TPSA) is 81.7 Å². The molecule has 0 saturated heterocycles. The molecule has 0 aliphatic carbocycles. The number of fused-ring (bicyclic) bond motifs is 2. The van der Waals surface area contributed by atoms with E-state index < -0.39 is 0 Å². The zero-order valence-corrected chi connectivity index (χ0v) is 28.8. The van der Waals surface area contributed by atoms with Gasteiger partial charge in [0.1, 0.15) is 5.75 Å². The second-order valence-electron chi connectivity index (χ2n) is 13.0. The van der Waals surface area contributed by atoms with Gasteiger partial charge in [0, 0.05) is 30.7 Å². The Labute approximate surface area is 288 Å². The van der Waals surface area contributed by atoms with E-state index in [1.54, 1.807) is 21.3 Å². The zero-order valence-electron chi connectivity index (χ0n) is 28.8. The number of ether oxygens (including phenoxy) is 5. The number of methoxy groups -OCH3 is 3. The first-order chi connectivity index (χ1) is 23.8. The number of nitrogens with zero attached hydrogens (tertiary/aromatic N) is 2. The molecule has 6 bridgehead atoms. The Morgan fingerprint density at radius 1 is 0.796 bits per heavy atom. The third-order valence-electron chi connectivity index (χ3n) is 10.1. The van der Waals surface area contributed by atoms with Crippen LogP contribution in [0.5, 0.6) is 40.2 Å². The Kier molecular flexibility index (Phi) is 8.96. The molecule has 0 aromatic heterocycles. The summed E-state index contributed by atoms with van der Waals surface area (Å²) in [5.74, 6) is 4.10. The molecule has 0 fully saturated rings. The van der Waals surface area contributed by atoms with Crippen molar-refractivity contribution in [2.75, 3.05) is 53.8 Å². The summed E-state index contributed by atoms with van der Waals surface area (Å²) in [5.41, 5.74) is 7.46. The molecule has 0 saturated carbocycles. The molecule has 1 amide bonds. The van der Waals surface area contributed by atoms with Gasteiger partial charge in [-0.3, -0.25) is 14.6 Å². The van der Waals surface area contributed by atoms with Crippen LogP contribution in [0.4, 0.5) is 5.69 Å². The number of benzene rings is 4. The SMILES string of the molecule is C=CC(=O)Nc1ccc2cc1Oc1ccc(cc1)C[C@H]1c3c(cc(OC)c(OC)c3Oc3cc4c(cc3OC)CCN(C)[C@@H]4C2)CCN1C. The first kappa shape index (κ1) is 32.6. The first-order valence-electron chi connectivity index (χ1n) is 16.7. The van der Waals surface area contributed by atoms with Gasteiger partial charge in [0.25, 0.3) is 0 Å². The summed E-state index contributed by atoms with van der Waals surface area (Å²) in [7, 11) is 9.33. The van der Waals surface area contributed by atoms with Crippen molar-refractivity contribution < 1.29 is 28.5 Å². The van der Waals surface area contributed by atoms with Crippen molar-refractivity contribution in [2.45, 2.75) is 37.8 Å². The van der Waals surface area contributed by atoms with Crippen LogP contribution in [-0.2, 0) is 30.5 Å². The molecule has 0 radical (unpaired) electrons. The Morgan fingerprint density at radius 3 is 2.18 bits per heavy atom. The Bertz CT molecular complexity index is 1910. The van der Waals surface area contributed by atoms with Crippen molar-refractivity contribution in [3.8, 4) is 40.2 Å². The maximum Gasteiger partial charge on any atom is 0.247 e. The van der Waals surface area contributed by atoms with Crippen LogP contribution < -0.4 is 29.0 Å². The normalized spacial score (nSPS) is 18.6. The lowest BCUT2D eigenvalue weighted by atomic mass is 9.87. The number of nitrogens with one attached hydrogen (secondary N) is 1. The fraction of sp³-hybridized carbons (Fsp3) is 0.325. The second kappa shape index (κ2) is 13.5. The van der Waals surface area contributed by atoms with Crippen LogP contribution in [0.3, 0.4) is 0 Å². The summed E-state index contributed by atoms with van der Waals surface area (Å²) in [6, 6.07) is 20.5. The minimum Gasteiger partial charge on any atom is -0.493 e. The lowest BCUT2D eigenvalue weighted by Gasteiger charge is -2.37. The Hall–Kier alpha value is -4.99. The van der Waals surface area contributed by atoms with Crippen molar-refractivity contribution in [2.24, 2.45) is 0 Å². The molecule has 9 heteroatoms. The van der Waals surface area contributed by atoms with E-state index in [9.17, 15) is 4.79 Å². The maximum atomic E-state index is 12.3. The number of hydrogen-bond acceptors (Lipinski definition) is 8. The molecule has 2 atom stereocenters. The van der Waals surface area contributed by atoms with Crippen LogP contribution in [0.25, 0.3) is 0 Å². The van der Waals surface area contributed by atoms with E-state index in [-0.39, 0.29) is 18.0 Å². The highest BCUT2D eigenvalue weighted by Gasteiger charge is 2.34. The average Bonchev–Trinajstić information content (AvgIpc) is 3.11. The zero-order chi connectivity index (χ0) is 34.2. The van der Waals surface area contributed by atoms with Crippen LogP contribution in [0.15, 0.2) is 73.3 Å². The predicted octanol–water partition coefficient (Wildman–Crippen LogP) is 7.28. The second-order valence-corrected chi connectivity index (χ2v) is 13.0. The number of carbonyl (C=O) groups excluding carboxylic acids is 1. The lowest BCUT2D eigenvalue weighted by Crippen LogP contribution is -2.34. The van der Waals surface area contributed by atoms with Gasteiger partial charge in [-0.15, -0.1) is 0 Å². The van der Waals surface area contributed by atoms with Gasteiger partial charge in [-0.25, -0.2) is 0 Å². The number of likely N-dealkylation sites (N-methyl/N-ethyl adjacent to an activating group) is 2. The fourth-order valence-electron chi connectivity index (χ4n) is 7.41. The first-order valence-corrected chi connectivity index (χ1v) is 16.7. The molecule has 8 rings (SSSR count).